The largest absolute Gasteiger partial charge is 0.357 e. The lowest BCUT2D eigenvalue weighted by Gasteiger charge is -2.13. The molecule has 26 heavy (non-hydrogen) atoms. The van der Waals surface area contributed by atoms with E-state index in [1.807, 2.05) is 6.92 Å². The van der Waals surface area contributed by atoms with E-state index >= 15 is 0 Å². The molecular weight excluding hydrogens is 443 g/mol. The molecule has 0 bridgehead atoms. The lowest BCUT2D eigenvalue weighted by Crippen LogP contribution is -2.37. The number of amides is 2. The SMILES string of the molecule is CCCCNC(=NCCCCN1C(=O)c2ccccc2C1=O)NCC.I. The Bertz CT molecular complexity index is 599. The number of nitrogens with zero attached hydrogens (tertiary/aromatic N) is 2. The highest BCUT2D eigenvalue weighted by Gasteiger charge is 2.34. The molecule has 0 aromatic heterocycles. The van der Waals surface area contributed by atoms with Gasteiger partial charge in [-0.15, -0.1) is 24.0 Å². The molecule has 0 radical (unpaired) electrons. The molecule has 144 valence electrons. The molecule has 1 aromatic rings. The summed E-state index contributed by atoms with van der Waals surface area (Å²) in [7, 11) is 0. The van der Waals surface area contributed by atoms with Crippen LogP contribution in [0, 0.1) is 0 Å². The molecule has 0 saturated heterocycles. The number of unbranched alkanes of at least 4 members (excludes halogenated alkanes) is 2. The van der Waals surface area contributed by atoms with Gasteiger partial charge >= 0.3 is 0 Å². The fourth-order valence-corrected chi connectivity index (χ4v) is 2.74. The summed E-state index contributed by atoms with van der Waals surface area (Å²) in [4.78, 5) is 30.4. The summed E-state index contributed by atoms with van der Waals surface area (Å²) in [6.45, 7) is 7.06. The zero-order valence-electron chi connectivity index (χ0n) is 15.6. The number of carbonyl (C=O) groups excluding carboxylic acids is 2. The first kappa shape index (κ1) is 22.4. The van der Waals surface area contributed by atoms with Crippen molar-refractivity contribution in [3.8, 4) is 0 Å². The van der Waals surface area contributed by atoms with Crippen molar-refractivity contribution in [2.24, 2.45) is 4.99 Å². The van der Waals surface area contributed by atoms with Gasteiger partial charge in [0.15, 0.2) is 5.96 Å². The van der Waals surface area contributed by atoms with Crippen LogP contribution in [0.1, 0.15) is 60.2 Å². The summed E-state index contributed by atoms with van der Waals surface area (Å²) in [5, 5.41) is 6.52. The molecule has 0 fully saturated rings. The van der Waals surface area contributed by atoms with Gasteiger partial charge in [-0.1, -0.05) is 25.5 Å². The number of nitrogens with one attached hydrogen (secondary N) is 2. The molecule has 2 N–H and O–H groups in total. The Labute approximate surface area is 172 Å². The highest BCUT2D eigenvalue weighted by molar-refractivity contribution is 14.0. The van der Waals surface area contributed by atoms with Gasteiger partial charge in [-0.25, -0.2) is 0 Å². The number of fused-ring (bicyclic) bond motifs is 1. The van der Waals surface area contributed by atoms with Gasteiger partial charge in [0.1, 0.15) is 0 Å². The van der Waals surface area contributed by atoms with Crippen LogP contribution in [-0.2, 0) is 0 Å². The normalized spacial score (nSPS) is 13.5. The second-order valence-electron chi connectivity index (χ2n) is 6.06. The van der Waals surface area contributed by atoms with E-state index in [0.717, 1.165) is 44.7 Å². The minimum Gasteiger partial charge on any atom is -0.357 e. The monoisotopic (exact) mass is 472 g/mol. The van der Waals surface area contributed by atoms with Crippen molar-refractivity contribution in [2.75, 3.05) is 26.2 Å². The van der Waals surface area contributed by atoms with E-state index in [1.54, 1.807) is 24.3 Å². The number of guanidine groups is 1. The number of hydrogen-bond acceptors (Lipinski definition) is 3. The molecule has 6 nitrogen and oxygen atoms in total. The number of benzene rings is 1. The number of carbonyl (C=O) groups is 2. The van der Waals surface area contributed by atoms with E-state index in [2.05, 4.69) is 22.5 Å². The fraction of sp³-hybridized carbons (Fsp3) is 0.526. The maximum Gasteiger partial charge on any atom is 0.261 e. The van der Waals surface area contributed by atoms with Crippen molar-refractivity contribution in [3.05, 3.63) is 35.4 Å². The van der Waals surface area contributed by atoms with Crippen LogP contribution in [0.2, 0.25) is 0 Å². The molecule has 1 heterocycles. The summed E-state index contributed by atoms with van der Waals surface area (Å²) in [6.07, 6.45) is 3.85. The van der Waals surface area contributed by atoms with Gasteiger partial charge in [-0.2, -0.15) is 0 Å². The summed E-state index contributed by atoms with van der Waals surface area (Å²) in [6, 6.07) is 7.00. The topological polar surface area (TPSA) is 73.8 Å². The Morgan fingerprint density at radius 2 is 1.65 bits per heavy atom. The molecule has 2 amide bonds. The molecule has 0 saturated carbocycles. The third-order valence-electron chi connectivity index (χ3n) is 4.10. The number of hydrogen-bond donors (Lipinski definition) is 2. The minimum atomic E-state index is -0.182. The van der Waals surface area contributed by atoms with Gasteiger partial charge < -0.3 is 10.6 Å². The highest BCUT2D eigenvalue weighted by atomic mass is 127. The van der Waals surface area contributed by atoms with E-state index in [4.69, 9.17) is 0 Å². The first-order valence-electron chi connectivity index (χ1n) is 9.16. The third kappa shape index (κ3) is 5.96. The lowest BCUT2D eigenvalue weighted by atomic mass is 10.1. The van der Waals surface area contributed by atoms with Gasteiger partial charge in [0.2, 0.25) is 0 Å². The molecule has 0 atom stereocenters. The molecule has 1 aliphatic rings. The second-order valence-corrected chi connectivity index (χ2v) is 6.06. The molecule has 0 aliphatic carbocycles. The zero-order valence-corrected chi connectivity index (χ0v) is 17.9. The second kappa shape index (κ2) is 11.9. The van der Waals surface area contributed by atoms with Crippen LogP contribution in [0.5, 0.6) is 0 Å². The molecule has 0 spiro atoms. The number of imide groups is 1. The lowest BCUT2D eigenvalue weighted by molar-refractivity contribution is 0.0652. The van der Waals surface area contributed by atoms with Crippen LogP contribution < -0.4 is 10.6 Å². The van der Waals surface area contributed by atoms with Gasteiger partial charge in [0, 0.05) is 26.2 Å². The predicted molar refractivity (Wildman–Crippen MR) is 115 cm³/mol. The Hall–Kier alpha value is -1.64. The van der Waals surface area contributed by atoms with Crippen LogP contribution in [0.3, 0.4) is 0 Å². The van der Waals surface area contributed by atoms with E-state index in [0.29, 0.717) is 24.2 Å². The van der Waals surface area contributed by atoms with E-state index in [9.17, 15) is 9.59 Å². The summed E-state index contributed by atoms with van der Waals surface area (Å²) < 4.78 is 0. The van der Waals surface area contributed by atoms with E-state index in [-0.39, 0.29) is 35.8 Å². The maximum absolute atomic E-state index is 12.3. The molecule has 0 unspecified atom stereocenters. The van der Waals surface area contributed by atoms with E-state index in [1.165, 1.54) is 4.90 Å². The predicted octanol–water partition coefficient (Wildman–Crippen LogP) is 3.04. The number of halogens is 1. The summed E-state index contributed by atoms with van der Waals surface area (Å²) in [5.74, 6) is 0.467. The van der Waals surface area contributed by atoms with Crippen molar-refractivity contribution >= 4 is 41.8 Å². The highest BCUT2D eigenvalue weighted by Crippen LogP contribution is 2.22. The standard InChI is InChI=1S/C19H28N4O2.HI/c1-3-5-12-21-19(20-4-2)22-13-8-9-14-23-17(24)15-10-6-7-11-16(15)18(23)25;/h6-7,10-11H,3-5,8-9,12-14H2,1-2H3,(H2,20,21,22);1H. The Morgan fingerprint density at radius 3 is 2.23 bits per heavy atom. The Balaban J connectivity index is 0.00000338. The quantitative estimate of drug-likeness (QED) is 0.191. The average molecular weight is 472 g/mol. The van der Waals surface area contributed by atoms with Crippen molar-refractivity contribution in [1.29, 1.82) is 0 Å². The van der Waals surface area contributed by atoms with Gasteiger partial charge in [-0.3, -0.25) is 19.5 Å². The smallest absolute Gasteiger partial charge is 0.261 e. The van der Waals surface area contributed by atoms with Crippen LogP contribution in [0.4, 0.5) is 0 Å². The van der Waals surface area contributed by atoms with Crippen LogP contribution in [-0.4, -0.2) is 48.9 Å². The van der Waals surface area contributed by atoms with Crippen LogP contribution >= 0.6 is 24.0 Å². The molecule has 1 aliphatic heterocycles. The van der Waals surface area contributed by atoms with E-state index < -0.39 is 0 Å². The van der Waals surface area contributed by atoms with Crippen LogP contribution in [0.15, 0.2) is 29.3 Å². The number of rotatable bonds is 9. The average Bonchev–Trinajstić information content (AvgIpc) is 2.86. The summed E-state index contributed by atoms with van der Waals surface area (Å²) >= 11 is 0. The molecule has 2 rings (SSSR count). The molecule has 7 heteroatoms. The number of aliphatic imine (C=N–C) groups is 1. The summed E-state index contributed by atoms with van der Waals surface area (Å²) in [5.41, 5.74) is 1.03. The first-order chi connectivity index (χ1) is 12.2. The molecule has 1 aromatic carbocycles. The van der Waals surface area contributed by atoms with Crippen molar-refractivity contribution in [2.45, 2.75) is 39.5 Å². The van der Waals surface area contributed by atoms with Crippen molar-refractivity contribution in [1.82, 2.24) is 15.5 Å². The first-order valence-corrected chi connectivity index (χ1v) is 9.16. The van der Waals surface area contributed by atoms with Crippen molar-refractivity contribution in [3.63, 3.8) is 0 Å². The van der Waals surface area contributed by atoms with Gasteiger partial charge in [0.05, 0.1) is 11.1 Å². The molecular formula is C19H29IN4O2. The van der Waals surface area contributed by atoms with Gasteiger partial charge in [0.25, 0.3) is 11.8 Å². The van der Waals surface area contributed by atoms with Crippen LogP contribution in [0.25, 0.3) is 0 Å². The van der Waals surface area contributed by atoms with Gasteiger partial charge in [-0.05, 0) is 38.3 Å². The fourth-order valence-electron chi connectivity index (χ4n) is 2.74. The zero-order chi connectivity index (χ0) is 18.1. The third-order valence-corrected chi connectivity index (χ3v) is 4.10. The Kier molecular flexibility index (Phi) is 10.2. The minimum absolute atomic E-state index is 0. The Morgan fingerprint density at radius 1 is 1.00 bits per heavy atom. The maximum atomic E-state index is 12.3. The van der Waals surface area contributed by atoms with Crippen molar-refractivity contribution < 1.29 is 9.59 Å².